The molecule has 0 spiro atoms. The van der Waals surface area contributed by atoms with Gasteiger partial charge in [-0.25, -0.2) is 0 Å². The molecular formula is C13H9ClINO5S. The Morgan fingerprint density at radius 1 is 1.50 bits per heavy atom. The minimum absolute atomic E-state index is 0.0433. The molecule has 0 atom stereocenters. The number of hydrogen-bond acceptors (Lipinski definition) is 6. The maximum absolute atomic E-state index is 12.1. The van der Waals surface area contributed by atoms with E-state index in [9.17, 15) is 19.5 Å². The largest absolute Gasteiger partial charge is 0.505 e. The number of esters is 1. The van der Waals surface area contributed by atoms with Crippen LogP contribution in [-0.2, 0) is 14.3 Å². The third-order valence-electron chi connectivity index (χ3n) is 2.73. The summed E-state index contributed by atoms with van der Waals surface area (Å²) in [5.41, 5.74) is 0.566. The van der Waals surface area contributed by atoms with E-state index < -0.39 is 23.7 Å². The van der Waals surface area contributed by atoms with Gasteiger partial charge in [0.2, 0.25) is 0 Å². The summed E-state index contributed by atoms with van der Waals surface area (Å²) in [7, 11) is 1.18. The molecule has 0 radical (unpaired) electrons. The molecule has 0 aromatic heterocycles. The topological polar surface area (TPSA) is 83.9 Å². The Kier molecular flexibility index (Phi) is 5.35. The second-order valence-corrected chi connectivity index (χ2v) is 6.74. The van der Waals surface area contributed by atoms with Gasteiger partial charge in [-0.15, -0.1) is 0 Å². The molecule has 1 N–H and O–H groups in total. The molecule has 1 aliphatic heterocycles. The van der Waals surface area contributed by atoms with E-state index >= 15 is 0 Å². The second-order valence-electron chi connectivity index (χ2n) is 4.18. The average molecular weight is 454 g/mol. The fourth-order valence-electron chi connectivity index (χ4n) is 1.65. The van der Waals surface area contributed by atoms with Gasteiger partial charge in [-0.2, -0.15) is 0 Å². The number of methoxy groups -OCH3 is 1. The lowest BCUT2D eigenvalue weighted by Crippen LogP contribution is -2.34. The maximum atomic E-state index is 12.1. The number of hydrogen-bond donors (Lipinski definition) is 1. The molecule has 0 saturated carbocycles. The number of carbonyl (C=O) groups excluding carboxylic acids is 3. The number of thioether (sulfide) groups is 1. The van der Waals surface area contributed by atoms with Gasteiger partial charge in [0.05, 0.1) is 20.6 Å². The number of aromatic hydroxyl groups is 1. The van der Waals surface area contributed by atoms with Crippen molar-refractivity contribution in [2.45, 2.75) is 0 Å². The Morgan fingerprint density at radius 3 is 2.77 bits per heavy atom. The van der Waals surface area contributed by atoms with Gasteiger partial charge in [0.1, 0.15) is 12.3 Å². The van der Waals surface area contributed by atoms with Crippen molar-refractivity contribution in [2.24, 2.45) is 0 Å². The highest BCUT2D eigenvalue weighted by atomic mass is 127. The number of benzene rings is 1. The van der Waals surface area contributed by atoms with Crippen LogP contribution in [-0.4, -0.2) is 40.8 Å². The summed E-state index contributed by atoms with van der Waals surface area (Å²) in [5, 5.41) is 9.21. The molecular weight excluding hydrogens is 445 g/mol. The quantitative estimate of drug-likeness (QED) is 0.430. The monoisotopic (exact) mass is 453 g/mol. The molecule has 1 fully saturated rings. The normalized spacial score (nSPS) is 16.5. The molecule has 1 saturated heterocycles. The highest BCUT2D eigenvalue weighted by molar-refractivity contribution is 14.1. The van der Waals surface area contributed by atoms with E-state index in [1.54, 1.807) is 6.07 Å². The predicted molar refractivity (Wildman–Crippen MR) is 90.5 cm³/mol. The van der Waals surface area contributed by atoms with E-state index in [0.29, 0.717) is 9.13 Å². The molecule has 6 nitrogen and oxygen atoms in total. The minimum atomic E-state index is -0.675. The van der Waals surface area contributed by atoms with Crippen LogP contribution in [0.25, 0.3) is 6.08 Å². The van der Waals surface area contributed by atoms with Gasteiger partial charge < -0.3 is 9.84 Å². The SMILES string of the molecule is COC(=O)CN1C(=O)S/C(=C/c2cc(Cl)c(O)c(I)c2)C1=O. The standard InChI is InChI=1S/C13H9ClINO5S/c1-21-10(17)5-16-12(19)9(22-13(16)20)4-6-2-7(14)11(18)8(15)3-6/h2-4,18H,5H2,1H3/b9-4+. The van der Waals surface area contributed by atoms with Crippen LogP contribution >= 0.6 is 46.0 Å². The van der Waals surface area contributed by atoms with Gasteiger partial charge in [-0.05, 0) is 58.1 Å². The number of imide groups is 1. The van der Waals surface area contributed by atoms with E-state index in [0.717, 1.165) is 16.7 Å². The smallest absolute Gasteiger partial charge is 0.325 e. The summed E-state index contributed by atoms with van der Waals surface area (Å²) >= 11 is 8.50. The highest BCUT2D eigenvalue weighted by Crippen LogP contribution is 2.35. The van der Waals surface area contributed by atoms with Crippen LogP contribution in [0.1, 0.15) is 5.56 Å². The molecule has 1 aromatic carbocycles. The van der Waals surface area contributed by atoms with E-state index in [2.05, 4.69) is 4.74 Å². The van der Waals surface area contributed by atoms with Crippen molar-refractivity contribution in [1.82, 2.24) is 4.90 Å². The molecule has 0 unspecified atom stereocenters. The number of carbonyl (C=O) groups is 3. The van der Waals surface area contributed by atoms with Crippen molar-refractivity contribution in [3.63, 3.8) is 0 Å². The third-order valence-corrected chi connectivity index (χ3v) is 4.74. The van der Waals surface area contributed by atoms with Crippen molar-refractivity contribution in [3.05, 3.63) is 31.2 Å². The second kappa shape index (κ2) is 6.88. The third kappa shape index (κ3) is 3.55. The zero-order chi connectivity index (χ0) is 16.4. The van der Waals surface area contributed by atoms with Gasteiger partial charge in [0.25, 0.3) is 11.1 Å². The predicted octanol–water partition coefficient (Wildman–Crippen LogP) is 2.86. The first-order valence-corrected chi connectivity index (χ1v) is 8.11. The molecule has 1 heterocycles. The molecule has 116 valence electrons. The first kappa shape index (κ1) is 17.1. The van der Waals surface area contributed by atoms with E-state index in [4.69, 9.17) is 11.6 Å². The Labute approximate surface area is 148 Å². The number of amides is 2. The highest BCUT2D eigenvalue weighted by Gasteiger charge is 2.36. The van der Waals surface area contributed by atoms with Gasteiger partial charge in [0, 0.05) is 0 Å². The van der Waals surface area contributed by atoms with Crippen LogP contribution < -0.4 is 0 Å². The lowest BCUT2D eigenvalue weighted by Gasteiger charge is -2.09. The number of halogens is 2. The van der Waals surface area contributed by atoms with Crippen molar-refractivity contribution in [2.75, 3.05) is 13.7 Å². The number of ether oxygens (including phenoxy) is 1. The summed E-state index contributed by atoms with van der Waals surface area (Å²) < 4.78 is 4.97. The van der Waals surface area contributed by atoms with E-state index in [1.165, 1.54) is 19.3 Å². The lowest BCUT2D eigenvalue weighted by atomic mass is 10.2. The fraction of sp³-hybridized carbons (Fsp3) is 0.154. The van der Waals surface area contributed by atoms with Crippen LogP contribution in [0.2, 0.25) is 5.02 Å². The van der Waals surface area contributed by atoms with Gasteiger partial charge in [0.15, 0.2) is 0 Å². The average Bonchev–Trinajstić information content (AvgIpc) is 2.72. The van der Waals surface area contributed by atoms with Crippen molar-refractivity contribution in [3.8, 4) is 5.75 Å². The summed E-state index contributed by atoms with van der Waals surface area (Å²) in [4.78, 5) is 36.1. The first-order chi connectivity index (χ1) is 10.3. The van der Waals surface area contributed by atoms with Gasteiger partial charge in [-0.3, -0.25) is 19.3 Å². The summed E-state index contributed by atoms with van der Waals surface area (Å²) in [6.07, 6.45) is 1.48. The fourth-order valence-corrected chi connectivity index (χ4v) is 3.53. The van der Waals surface area contributed by atoms with E-state index in [-0.39, 0.29) is 15.7 Å². The van der Waals surface area contributed by atoms with Crippen LogP contribution in [0.15, 0.2) is 17.0 Å². The zero-order valence-electron chi connectivity index (χ0n) is 11.1. The zero-order valence-corrected chi connectivity index (χ0v) is 14.9. The molecule has 22 heavy (non-hydrogen) atoms. The Bertz CT molecular complexity index is 683. The van der Waals surface area contributed by atoms with Crippen LogP contribution in [0, 0.1) is 3.57 Å². The van der Waals surface area contributed by atoms with Crippen LogP contribution in [0.4, 0.5) is 4.79 Å². The number of rotatable bonds is 3. The Hall–Kier alpha value is -1.26. The Balaban J connectivity index is 2.28. The minimum Gasteiger partial charge on any atom is -0.505 e. The molecule has 9 heteroatoms. The van der Waals surface area contributed by atoms with Crippen LogP contribution in [0.3, 0.4) is 0 Å². The number of phenolic OH excluding ortho intramolecular Hbond substituents is 1. The summed E-state index contributed by atoms with van der Waals surface area (Å²) in [6.45, 7) is -0.424. The first-order valence-electron chi connectivity index (χ1n) is 5.83. The van der Waals surface area contributed by atoms with Gasteiger partial charge >= 0.3 is 5.97 Å². The molecule has 0 bridgehead atoms. The number of nitrogens with zero attached hydrogens (tertiary/aromatic N) is 1. The van der Waals surface area contributed by atoms with Gasteiger partial charge in [-0.1, -0.05) is 11.6 Å². The van der Waals surface area contributed by atoms with Crippen LogP contribution in [0.5, 0.6) is 5.75 Å². The van der Waals surface area contributed by atoms with Crippen molar-refractivity contribution < 1.29 is 24.2 Å². The lowest BCUT2D eigenvalue weighted by molar-refractivity contribution is -0.143. The molecule has 2 rings (SSSR count). The summed E-state index contributed by atoms with van der Waals surface area (Å²) in [6, 6.07) is 3.10. The maximum Gasteiger partial charge on any atom is 0.325 e. The molecule has 0 aliphatic carbocycles. The summed E-state index contributed by atoms with van der Waals surface area (Å²) in [5.74, 6) is -1.29. The molecule has 1 aromatic rings. The van der Waals surface area contributed by atoms with E-state index in [1.807, 2.05) is 22.6 Å². The van der Waals surface area contributed by atoms with Crippen molar-refractivity contribution >= 4 is 69.1 Å². The molecule has 1 aliphatic rings. The van der Waals surface area contributed by atoms with Crippen molar-refractivity contribution in [1.29, 1.82) is 0 Å². The Morgan fingerprint density at radius 2 is 2.18 bits per heavy atom. The molecule has 2 amide bonds. The number of phenols is 1.